The number of carbonyl (C=O) groups is 1. The Morgan fingerprint density at radius 1 is 1.23 bits per heavy atom. The second-order valence-corrected chi connectivity index (χ2v) is 8.98. The molecule has 2 aromatic carbocycles. The minimum atomic E-state index is -0.970. The first-order valence-corrected chi connectivity index (χ1v) is 11.6. The van der Waals surface area contributed by atoms with E-state index in [-0.39, 0.29) is 24.8 Å². The molecule has 7 nitrogen and oxygen atoms in total. The first kappa shape index (κ1) is 23.0. The van der Waals surface area contributed by atoms with Crippen LogP contribution < -0.4 is 4.74 Å². The third-order valence-electron chi connectivity index (χ3n) is 6.74. The monoisotopic (exact) mass is 474 g/mol. The van der Waals surface area contributed by atoms with Crippen molar-refractivity contribution >= 4 is 17.8 Å². The standard InChI is InChI=1S/C27H27FN4O3/c1-18-15-31(17-29-18)23-10-5-19(13-24(23)35-2)12-20-4-3-11-32-26(20)30-25(34)14-27(32,16-33)21-6-8-22(28)9-7-21/h5-10,12-13,15,17,33H,3-4,11,14,16H2,1-2H3. The number of rotatable bonds is 5. The Kier molecular flexibility index (Phi) is 5.98. The molecule has 5 rings (SSSR count). The van der Waals surface area contributed by atoms with E-state index in [1.807, 2.05) is 46.9 Å². The van der Waals surface area contributed by atoms with Gasteiger partial charge in [-0.05, 0) is 66.8 Å². The van der Waals surface area contributed by atoms with Crippen molar-refractivity contribution in [3.05, 3.63) is 83.2 Å². The van der Waals surface area contributed by atoms with Crippen LogP contribution in [0.1, 0.15) is 36.1 Å². The number of benzene rings is 2. The van der Waals surface area contributed by atoms with Gasteiger partial charge >= 0.3 is 0 Å². The van der Waals surface area contributed by atoms with Gasteiger partial charge in [-0.3, -0.25) is 4.79 Å². The molecule has 0 bridgehead atoms. The topological polar surface area (TPSA) is 80.0 Å². The zero-order valence-electron chi connectivity index (χ0n) is 19.7. The Labute approximate surface area is 203 Å². The van der Waals surface area contributed by atoms with Gasteiger partial charge in [-0.2, -0.15) is 4.99 Å². The maximum atomic E-state index is 13.6. The van der Waals surface area contributed by atoms with Gasteiger partial charge in [0, 0.05) is 12.7 Å². The Hall–Kier alpha value is -3.78. The first-order chi connectivity index (χ1) is 16.9. The van der Waals surface area contributed by atoms with Gasteiger partial charge in [-0.15, -0.1) is 0 Å². The molecule has 1 amide bonds. The Balaban J connectivity index is 1.54. The van der Waals surface area contributed by atoms with Crippen LogP contribution in [-0.2, 0) is 10.3 Å². The van der Waals surface area contributed by atoms with Crippen LogP contribution in [0.15, 0.2) is 65.6 Å². The quantitative estimate of drug-likeness (QED) is 0.604. The number of ether oxygens (including phenoxy) is 1. The number of hydrogen-bond donors (Lipinski definition) is 1. The van der Waals surface area contributed by atoms with Crippen molar-refractivity contribution < 1.29 is 19.0 Å². The van der Waals surface area contributed by atoms with Crippen LogP contribution in [-0.4, -0.2) is 51.6 Å². The van der Waals surface area contributed by atoms with E-state index >= 15 is 0 Å². The maximum absolute atomic E-state index is 13.6. The summed E-state index contributed by atoms with van der Waals surface area (Å²) in [5.74, 6) is 0.604. The number of piperidine rings is 1. The lowest BCUT2D eigenvalue weighted by Crippen LogP contribution is -2.57. The number of aromatic nitrogens is 2. The number of amides is 1. The van der Waals surface area contributed by atoms with Crippen molar-refractivity contribution in [2.24, 2.45) is 4.99 Å². The highest BCUT2D eigenvalue weighted by Crippen LogP contribution is 2.40. The van der Waals surface area contributed by atoms with Crippen LogP contribution in [0, 0.1) is 12.7 Å². The molecule has 2 aliphatic rings. The summed E-state index contributed by atoms with van der Waals surface area (Å²) in [5.41, 5.74) is 3.34. The molecule has 0 spiro atoms. The molecule has 1 aromatic heterocycles. The molecule has 0 radical (unpaired) electrons. The third kappa shape index (κ3) is 4.14. The molecule has 1 fully saturated rings. The van der Waals surface area contributed by atoms with Gasteiger partial charge in [0.25, 0.3) is 0 Å². The van der Waals surface area contributed by atoms with E-state index in [1.54, 1.807) is 25.6 Å². The first-order valence-electron chi connectivity index (χ1n) is 11.6. The number of nitrogens with zero attached hydrogens (tertiary/aromatic N) is 4. The minimum absolute atomic E-state index is 0.0404. The Morgan fingerprint density at radius 3 is 2.71 bits per heavy atom. The third-order valence-corrected chi connectivity index (χ3v) is 6.74. The molecule has 1 N–H and O–H groups in total. The number of imidazole rings is 1. The average Bonchev–Trinajstić information content (AvgIpc) is 3.30. The van der Waals surface area contributed by atoms with E-state index in [0.717, 1.165) is 35.4 Å². The molecule has 0 aliphatic carbocycles. The van der Waals surface area contributed by atoms with Gasteiger partial charge in [-0.25, -0.2) is 9.37 Å². The second-order valence-electron chi connectivity index (χ2n) is 8.98. The highest BCUT2D eigenvalue weighted by molar-refractivity contribution is 6.10. The molecule has 1 atom stereocenters. The van der Waals surface area contributed by atoms with Crippen molar-refractivity contribution in [3.63, 3.8) is 0 Å². The molecule has 3 heterocycles. The Bertz CT molecular complexity index is 1330. The van der Waals surface area contributed by atoms with Crippen LogP contribution in [0.25, 0.3) is 11.8 Å². The van der Waals surface area contributed by atoms with Crippen molar-refractivity contribution in [1.82, 2.24) is 14.5 Å². The number of aliphatic hydroxyl groups is 1. The van der Waals surface area contributed by atoms with Gasteiger partial charge < -0.3 is 19.3 Å². The number of aliphatic imine (C=N–C) groups is 1. The molecule has 180 valence electrons. The predicted molar refractivity (Wildman–Crippen MR) is 131 cm³/mol. The van der Waals surface area contributed by atoms with Crippen LogP contribution in [0.5, 0.6) is 5.75 Å². The molecule has 35 heavy (non-hydrogen) atoms. The summed E-state index contributed by atoms with van der Waals surface area (Å²) in [7, 11) is 1.63. The number of aryl methyl sites for hydroxylation is 1. The van der Waals surface area contributed by atoms with Gasteiger partial charge in [0.1, 0.15) is 17.4 Å². The summed E-state index contributed by atoms with van der Waals surface area (Å²) in [6, 6.07) is 11.9. The fourth-order valence-corrected chi connectivity index (χ4v) is 5.01. The Morgan fingerprint density at radius 2 is 2.03 bits per heavy atom. The smallest absolute Gasteiger partial charge is 0.250 e. The number of amidine groups is 1. The number of fused-ring (bicyclic) bond motifs is 1. The van der Waals surface area contributed by atoms with Crippen molar-refractivity contribution in [3.8, 4) is 11.4 Å². The van der Waals surface area contributed by atoms with Crippen LogP contribution in [0.2, 0.25) is 0 Å². The van der Waals surface area contributed by atoms with E-state index in [9.17, 15) is 14.3 Å². The van der Waals surface area contributed by atoms with Crippen LogP contribution in [0.3, 0.4) is 0 Å². The summed E-state index contributed by atoms with van der Waals surface area (Å²) in [6.07, 6.45) is 7.32. The molecule has 0 saturated carbocycles. The largest absolute Gasteiger partial charge is 0.495 e. The highest BCUT2D eigenvalue weighted by atomic mass is 19.1. The number of aliphatic hydroxyl groups excluding tert-OH is 1. The van der Waals surface area contributed by atoms with Crippen LogP contribution >= 0.6 is 0 Å². The van der Waals surface area contributed by atoms with E-state index in [1.165, 1.54) is 12.1 Å². The van der Waals surface area contributed by atoms with Gasteiger partial charge in [0.15, 0.2) is 0 Å². The molecule has 2 aliphatic heterocycles. The molecule has 3 aromatic rings. The number of hydrogen-bond acceptors (Lipinski definition) is 5. The molecule has 1 unspecified atom stereocenters. The zero-order chi connectivity index (χ0) is 24.6. The second kappa shape index (κ2) is 9.11. The molecule has 8 heteroatoms. The summed E-state index contributed by atoms with van der Waals surface area (Å²) in [6.45, 7) is 2.30. The number of halogens is 1. The zero-order valence-corrected chi connectivity index (χ0v) is 19.7. The lowest BCUT2D eigenvalue weighted by atomic mass is 9.81. The lowest BCUT2D eigenvalue weighted by molar-refractivity contribution is -0.122. The molecular weight excluding hydrogens is 447 g/mol. The number of methoxy groups -OCH3 is 1. The van der Waals surface area contributed by atoms with Crippen molar-refractivity contribution in [2.45, 2.75) is 31.7 Å². The maximum Gasteiger partial charge on any atom is 0.250 e. The van der Waals surface area contributed by atoms with E-state index in [2.05, 4.69) is 9.98 Å². The molecule has 1 saturated heterocycles. The SMILES string of the molecule is COc1cc(C=C2CCCN3C2=NC(=O)CC3(CO)c2ccc(F)cc2)ccc1-n1cnc(C)c1. The summed E-state index contributed by atoms with van der Waals surface area (Å²) >= 11 is 0. The molecular formula is C27H27FN4O3. The van der Waals surface area contributed by atoms with E-state index < -0.39 is 5.54 Å². The van der Waals surface area contributed by atoms with E-state index in [0.29, 0.717) is 23.7 Å². The normalized spacial score (nSPS) is 21.1. The minimum Gasteiger partial charge on any atom is -0.495 e. The average molecular weight is 475 g/mol. The van der Waals surface area contributed by atoms with E-state index in [4.69, 9.17) is 4.74 Å². The summed E-state index contributed by atoms with van der Waals surface area (Å²) in [5, 5.41) is 10.5. The lowest BCUT2D eigenvalue weighted by Gasteiger charge is -2.49. The number of carbonyl (C=O) groups excluding carboxylic acids is 1. The van der Waals surface area contributed by atoms with Crippen molar-refractivity contribution in [2.75, 3.05) is 20.3 Å². The highest BCUT2D eigenvalue weighted by Gasteiger charge is 2.46. The van der Waals surface area contributed by atoms with Gasteiger partial charge in [0.05, 0.1) is 43.4 Å². The summed E-state index contributed by atoms with van der Waals surface area (Å²) < 4.78 is 21.2. The predicted octanol–water partition coefficient (Wildman–Crippen LogP) is 4.02. The summed E-state index contributed by atoms with van der Waals surface area (Å²) in [4.78, 5) is 23.5. The van der Waals surface area contributed by atoms with Gasteiger partial charge in [-0.1, -0.05) is 18.2 Å². The van der Waals surface area contributed by atoms with Crippen molar-refractivity contribution in [1.29, 1.82) is 0 Å². The fourth-order valence-electron chi connectivity index (χ4n) is 5.01. The van der Waals surface area contributed by atoms with Gasteiger partial charge in [0.2, 0.25) is 5.91 Å². The van der Waals surface area contributed by atoms with Crippen LogP contribution in [0.4, 0.5) is 4.39 Å². The fraction of sp³-hybridized carbons (Fsp3) is 0.296.